The third-order valence-corrected chi connectivity index (χ3v) is 7.94. The van der Waals surface area contributed by atoms with Crippen LogP contribution in [0.1, 0.15) is 29.2 Å². The zero-order chi connectivity index (χ0) is 23.4. The molecule has 1 aliphatic rings. The summed E-state index contributed by atoms with van der Waals surface area (Å²) in [6.45, 7) is 0.553. The number of sulfonamides is 1. The van der Waals surface area contributed by atoms with Crippen LogP contribution >= 0.6 is 0 Å². The van der Waals surface area contributed by atoms with E-state index in [-0.39, 0.29) is 29.9 Å². The molecule has 3 aromatic carbocycles. The first-order valence-corrected chi connectivity index (χ1v) is 12.5. The van der Waals surface area contributed by atoms with Gasteiger partial charge in [0, 0.05) is 25.3 Å². The van der Waals surface area contributed by atoms with Gasteiger partial charge >= 0.3 is 0 Å². The van der Waals surface area contributed by atoms with Gasteiger partial charge in [-0.05, 0) is 60.8 Å². The van der Waals surface area contributed by atoms with Gasteiger partial charge in [0.15, 0.2) is 0 Å². The number of carbonyl (C=O) groups is 1. The average Bonchev–Trinajstić information content (AvgIpc) is 3.24. The Hall–Kier alpha value is -3.00. The van der Waals surface area contributed by atoms with Crippen molar-refractivity contribution in [1.82, 2.24) is 9.21 Å². The molecule has 7 heteroatoms. The van der Waals surface area contributed by atoms with Crippen LogP contribution in [0.15, 0.2) is 83.8 Å². The molecule has 1 aliphatic carbocycles. The number of likely N-dealkylation sites (N-methyl/N-ethyl adjacent to an activating group) is 1. The van der Waals surface area contributed by atoms with Gasteiger partial charge in [0.1, 0.15) is 0 Å². The summed E-state index contributed by atoms with van der Waals surface area (Å²) in [4.78, 5) is 14.9. The van der Waals surface area contributed by atoms with Crippen LogP contribution in [-0.4, -0.2) is 44.2 Å². The van der Waals surface area contributed by atoms with Crippen LogP contribution in [0, 0.1) is 0 Å². The highest BCUT2D eigenvalue weighted by molar-refractivity contribution is 7.89. The van der Waals surface area contributed by atoms with E-state index in [1.807, 2.05) is 43.4 Å². The van der Waals surface area contributed by atoms with E-state index in [4.69, 9.17) is 0 Å². The number of benzene rings is 3. The van der Waals surface area contributed by atoms with Gasteiger partial charge in [-0.1, -0.05) is 54.6 Å². The number of hydrogen-bond acceptors (Lipinski definition) is 4. The van der Waals surface area contributed by atoms with E-state index in [0.717, 1.165) is 18.4 Å². The van der Waals surface area contributed by atoms with E-state index in [9.17, 15) is 13.2 Å². The molecule has 0 bridgehead atoms. The maximum Gasteiger partial charge on any atom is 0.243 e. The quantitative estimate of drug-likeness (QED) is 0.547. The van der Waals surface area contributed by atoms with Gasteiger partial charge in [-0.15, -0.1) is 0 Å². The van der Waals surface area contributed by atoms with Gasteiger partial charge < -0.3 is 5.32 Å². The minimum Gasteiger partial charge on any atom is -0.325 e. The number of rotatable bonds is 8. The van der Waals surface area contributed by atoms with Crippen molar-refractivity contribution in [1.29, 1.82) is 0 Å². The monoisotopic (exact) mass is 463 g/mol. The van der Waals surface area contributed by atoms with Crippen LogP contribution in [0.3, 0.4) is 0 Å². The lowest BCUT2D eigenvalue weighted by atomic mass is 10.1. The highest BCUT2D eigenvalue weighted by Gasteiger charge is 2.26. The smallest absolute Gasteiger partial charge is 0.243 e. The minimum absolute atomic E-state index is 0.126. The molecule has 33 heavy (non-hydrogen) atoms. The molecular formula is C26H29N3O3S. The van der Waals surface area contributed by atoms with Crippen molar-refractivity contribution in [2.45, 2.75) is 30.3 Å². The summed E-state index contributed by atoms with van der Waals surface area (Å²) in [5, 5.41) is 2.88. The lowest BCUT2D eigenvalue weighted by Gasteiger charge is -2.24. The van der Waals surface area contributed by atoms with E-state index in [2.05, 4.69) is 28.4 Å². The molecule has 1 N–H and O–H groups in total. The highest BCUT2D eigenvalue weighted by Crippen LogP contribution is 2.34. The Morgan fingerprint density at radius 3 is 2.33 bits per heavy atom. The zero-order valence-corrected chi connectivity index (χ0v) is 19.8. The first-order chi connectivity index (χ1) is 15.8. The SMILES string of the molecule is CN(CC(=O)Nc1ccc(S(=O)(=O)N(C)Cc2ccccc2)cc1)C1CCc2ccccc21. The maximum absolute atomic E-state index is 12.9. The van der Waals surface area contributed by atoms with Crippen LogP contribution in [0.4, 0.5) is 5.69 Å². The molecule has 172 valence electrons. The van der Waals surface area contributed by atoms with Crippen LogP contribution in [0.5, 0.6) is 0 Å². The Morgan fingerprint density at radius 2 is 1.61 bits per heavy atom. The van der Waals surface area contributed by atoms with E-state index in [0.29, 0.717) is 5.69 Å². The second kappa shape index (κ2) is 9.87. The van der Waals surface area contributed by atoms with Crippen LogP contribution in [-0.2, 0) is 27.8 Å². The van der Waals surface area contributed by atoms with E-state index < -0.39 is 10.0 Å². The molecule has 6 nitrogen and oxygen atoms in total. The number of amides is 1. The summed E-state index contributed by atoms with van der Waals surface area (Å²) in [5.41, 5.74) is 4.14. The van der Waals surface area contributed by atoms with Crippen molar-refractivity contribution in [3.05, 3.63) is 95.6 Å². The fourth-order valence-corrected chi connectivity index (χ4v) is 5.50. The van der Waals surface area contributed by atoms with Gasteiger partial charge in [0.2, 0.25) is 15.9 Å². The Morgan fingerprint density at radius 1 is 0.939 bits per heavy atom. The van der Waals surface area contributed by atoms with Crippen molar-refractivity contribution in [2.24, 2.45) is 0 Å². The minimum atomic E-state index is -3.63. The molecule has 4 rings (SSSR count). The predicted molar refractivity (Wildman–Crippen MR) is 130 cm³/mol. The average molecular weight is 464 g/mol. The Labute approximate surface area is 195 Å². The zero-order valence-electron chi connectivity index (χ0n) is 18.9. The van der Waals surface area contributed by atoms with Crippen molar-refractivity contribution in [3.8, 4) is 0 Å². The molecule has 0 aromatic heterocycles. The molecule has 0 saturated carbocycles. The van der Waals surface area contributed by atoms with Crippen molar-refractivity contribution in [2.75, 3.05) is 26.0 Å². The molecule has 0 saturated heterocycles. The van der Waals surface area contributed by atoms with Crippen molar-refractivity contribution >= 4 is 21.6 Å². The summed E-state index contributed by atoms with van der Waals surface area (Å²) >= 11 is 0. The number of fused-ring (bicyclic) bond motifs is 1. The second-order valence-corrected chi connectivity index (χ2v) is 10.5. The normalized spacial score (nSPS) is 15.6. The fourth-order valence-electron chi connectivity index (χ4n) is 4.35. The summed E-state index contributed by atoms with van der Waals surface area (Å²) in [6, 6.07) is 24.4. The molecular weight excluding hydrogens is 434 g/mol. The molecule has 1 unspecified atom stereocenters. The van der Waals surface area contributed by atoms with Gasteiger partial charge in [0.25, 0.3) is 0 Å². The number of anilines is 1. The van der Waals surface area contributed by atoms with Crippen LogP contribution < -0.4 is 5.32 Å². The van der Waals surface area contributed by atoms with Crippen LogP contribution in [0.25, 0.3) is 0 Å². The first-order valence-electron chi connectivity index (χ1n) is 11.0. The number of hydrogen-bond donors (Lipinski definition) is 1. The Balaban J connectivity index is 1.35. The predicted octanol–water partition coefficient (Wildman–Crippen LogP) is 4.07. The van der Waals surface area contributed by atoms with Crippen LogP contribution in [0.2, 0.25) is 0 Å². The summed E-state index contributed by atoms with van der Waals surface area (Å²) < 4.78 is 27.1. The second-order valence-electron chi connectivity index (χ2n) is 8.49. The molecule has 0 radical (unpaired) electrons. The molecule has 0 spiro atoms. The molecule has 3 aromatic rings. The molecule has 0 fully saturated rings. The third-order valence-electron chi connectivity index (χ3n) is 6.12. The number of carbonyl (C=O) groups excluding carboxylic acids is 1. The Kier molecular flexibility index (Phi) is 6.93. The van der Waals surface area contributed by atoms with E-state index in [1.54, 1.807) is 19.2 Å². The number of aryl methyl sites for hydroxylation is 1. The number of nitrogens with one attached hydrogen (secondary N) is 1. The largest absolute Gasteiger partial charge is 0.325 e. The summed E-state index contributed by atoms with van der Waals surface area (Å²) in [6.07, 6.45) is 2.04. The highest BCUT2D eigenvalue weighted by atomic mass is 32.2. The molecule has 1 amide bonds. The van der Waals surface area contributed by atoms with Gasteiger partial charge in [-0.3, -0.25) is 9.69 Å². The standard InChI is InChI=1S/C26H29N3O3S/c1-28(25-17-12-21-10-6-7-11-24(21)25)19-26(30)27-22-13-15-23(16-14-22)33(31,32)29(2)18-20-8-4-3-5-9-20/h3-11,13-16,25H,12,17-19H2,1-2H3,(H,27,30). The van der Waals surface area contributed by atoms with Gasteiger partial charge in [-0.2, -0.15) is 4.31 Å². The summed E-state index contributed by atoms with van der Waals surface area (Å²) in [7, 11) is -0.101. The number of nitrogens with zero attached hydrogens (tertiary/aromatic N) is 2. The summed E-state index contributed by atoms with van der Waals surface area (Å²) in [5.74, 6) is -0.126. The molecule has 0 aliphatic heterocycles. The fraction of sp³-hybridized carbons (Fsp3) is 0.269. The van der Waals surface area contributed by atoms with Gasteiger partial charge in [0.05, 0.1) is 11.4 Å². The molecule has 0 heterocycles. The van der Waals surface area contributed by atoms with Crippen molar-refractivity contribution < 1.29 is 13.2 Å². The van der Waals surface area contributed by atoms with E-state index >= 15 is 0 Å². The topological polar surface area (TPSA) is 69.7 Å². The van der Waals surface area contributed by atoms with Gasteiger partial charge in [-0.25, -0.2) is 8.42 Å². The maximum atomic E-state index is 12.9. The lowest BCUT2D eigenvalue weighted by Crippen LogP contribution is -2.32. The first kappa shape index (κ1) is 23.2. The van der Waals surface area contributed by atoms with E-state index in [1.165, 1.54) is 27.6 Å². The molecule has 1 atom stereocenters. The Bertz CT molecular complexity index is 1210. The lowest BCUT2D eigenvalue weighted by molar-refractivity contribution is -0.117. The van der Waals surface area contributed by atoms with Crippen molar-refractivity contribution in [3.63, 3.8) is 0 Å². The third kappa shape index (κ3) is 5.33.